The van der Waals surface area contributed by atoms with Crippen LogP contribution in [0.15, 0.2) is 60.8 Å². The van der Waals surface area contributed by atoms with Crippen molar-refractivity contribution in [1.29, 1.82) is 0 Å². The molecule has 0 unspecified atom stereocenters. The molecule has 0 saturated heterocycles. The molecule has 0 saturated carbocycles. The fourth-order valence-electron chi connectivity index (χ4n) is 2.69. The minimum absolute atomic E-state index is 0.700. The number of hydrogen-bond acceptors (Lipinski definition) is 3. The SMILES string of the molecule is Cc1cc(Nc2ccc(Cl)cc2)n2ncc(-c3ccc(Cl)cc3)c2n1. The Morgan fingerprint density at radius 2 is 1.56 bits per heavy atom. The zero-order chi connectivity index (χ0) is 17.4. The van der Waals surface area contributed by atoms with Crippen molar-refractivity contribution in [2.45, 2.75) is 6.92 Å². The highest BCUT2D eigenvalue weighted by Crippen LogP contribution is 2.28. The zero-order valence-electron chi connectivity index (χ0n) is 13.4. The molecule has 2 aromatic carbocycles. The minimum Gasteiger partial charge on any atom is -0.340 e. The van der Waals surface area contributed by atoms with Crippen LogP contribution in [-0.2, 0) is 0 Å². The number of benzene rings is 2. The third-order valence-corrected chi connectivity index (χ3v) is 4.38. The molecular formula is C19H14Cl2N4. The molecule has 4 nitrogen and oxygen atoms in total. The highest BCUT2D eigenvalue weighted by atomic mass is 35.5. The van der Waals surface area contributed by atoms with Gasteiger partial charge in [0.05, 0.1) is 6.20 Å². The summed E-state index contributed by atoms with van der Waals surface area (Å²) in [7, 11) is 0. The van der Waals surface area contributed by atoms with Crippen LogP contribution in [-0.4, -0.2) is 14.6 Å². The monoisotopic (exact) mass is 368 g/mol. The Balaban J connectivity index is 1.81. The molecule has 0 fully saturated rings. The van der Waals surface area contributed by atoms with E-state index in [0.29, 0.717) is 10.0 Å². The predicted octanol–water partition coefficient (Wildman–Crippen LogP) is 5.76. The van der Waals surface area contributed by atoms with Gasteiger partial charge < -0.3 is 5.32 Å². The Bertz CT molecular complexity index is 1040. The molecule has 124 valence electrons. The van der Waals surface area contributed by atoms with Gasteiger partial charge in [-0.05, 0) is 48.9 Å². The molecule has 1 N–H and O–H groups in total. The van der Waals surface area contributed by atoms with Gasteiger partial charge in [-0.3, -0.25) is 0 Å². The van der Waals surface area contributed by atoms with Crippen LogP contribution in [0.4, 0.5) is 11.5 Å². The van der Waals surface area contributed by atoms with E-state index in [2.05, 4.69) is 15.4 Å². The first kappa shape index (κ1) is 15.9. The third-order valence-electron chi connectivity index (χ3n) is 3.87. The van der Waals surface area contributed by atoms with E-state index in [1.165, 1.54) is 0 Å². The topological polar surface area (TPSA) is 42.2 Å². The van der Waals surface area contributed by atoms with Crippen molar-refractivity contribution in [3.05, 3.63) is 76.5 Å². The quantitative estimate of drug-likeness (QED) is 0.500. The fraction of sp³-hybridized carbons (Fsp3) is 0.0526. The molecule has 0 atom stereocenters. The van der Waals surface area contributed by atoms with Crippen LogP contribution in [0.2, 0.25) is 10.0 Å². The Morgan fingerprint density at radius 1 is 0.920 bits per heavy atom. The lowest BCUT2D eigenvalue weighted by Crippen LogP contribution is -2.02. The van der Waals surface area contributed by atoms with E-state index in [4.69, 9.17) is 23.2 Å². The van der Waals surface area contributed by atoms with Gasteiger partial charge in [-0.25, -0.2) is 4.98 Å². The van der Waals surface area contributed by atoms with Crippen LogP contribution >= 0.6 is 23.2 Å². The number of rotatable bonds is 3. The first-order chi connectivity index (χ1) is 12.1. The summed E-state index contributed by atoms with van der Waals surface area (Å²) in [6.45, 7) is 1.96. The number of anilines is 2. The number of halogens is 2. The van der Waals surface area contributed by atoms with Gasteiger partial charge in [0.2, 0.25) is 0 Å². The summed E-state index contributed by atoms with van der Waals surface area (Å²) in [4.78, 5) is 4.66. The fourth-order valence-corrected chi connectivity index (χ4v) is 2.94. The zero-order valence-corrected chi connectivity index (χ0v) is 14.9. The van der Waals surface area contributed by atoms with Crippen LogP contribution < -0.4 is 5.32 Å². The maximum Gasteiger partial charge on any atom is 0.165 e. The molecular weight excluding hydrogens is 355 g/mol. The second-order valence-corrected chi connectivity index (χ2v) is 6.59. The van der Waals surface area contributed by atoms with E-state index in [1.807, 2.05) is 67.7 Å². The van der Waals surface area contributed by atoms with Gasteiger partial charge in [0.25, 0.3) is 0 Å². The van der Waals surface area contributed by atoms with E-state index in [1.54, 1.807) is 4.52 Å². The summed E-state index contributed by atoms with van der Waals surface area (Å²) < 4.78 is 1.80. The maximum absolute atomic E-state index is 5.99. The van der Waals surface area contributed by atoms with Crippen LogP contribution in [0.25, 0.3) is 16.8 Å². The number of fused-ring (bicyclic) bond motifs is 1. The summed E-state index contributed by atoms with van der Waals surface area (Å²) in [6, 6.07) is 17.2. The molecule has 0 aliphatic carbocycles. The average molecular weight is 369 g/mol. The van der Waals surface area contributed by atoms with Gasteiger partial charge in [0, 0.05) is 33.1 Å². The molecule has 2 aromatic heterocycles. The second-order valence-electron chi connectivity index (χ2n) is 5.72. The lowest BCUT2D eigenvalue weighted by Gasteiger charge is -2.10. The van der Waals surface area contributed by atoms with Gasteiger partial charge in [-0.15, -0.1) is 0 Å². The van der Waals surface area contributed by atoms with E-state index in [-0.39, 0.29) is 0 Å². The minimum atomic E-state index is 0.700. The predicted molar refractivity (Wildman–Crippen MR) is 103 cm³/mol. The number of aromatic nitrogens is 3. The molecule has 0 aliphatic heterocycles. The van der Waals surface area contributed by atoms with Crippen LogP contribution in [0.1, 0.15) is 5.69 Å². The molecule has 0 spiro atoms. The summed E-state index contributed by atoms with van der Waals surface area (Å²) in [5.41, 5.74) is 4.60. The molecule has 4 aromatic rings. The van der Waals surface area contributed by atoms with Crippen molar-refractivity contribution in [1.82, 2.24) is 14.6 Å². The lowest BCUT2D eigenvalue weighted by molar-refractivity contribution is 0.938. The second kappa shape index (κ2) is 6.39. The van der Waals surface area contributed by atoms with E-state index >= 15 is 0 Å². The number of nitrogens with zero attached hydrogens (tertiary/aromatic N) is 3. The van der Waals surface area contributed by atoms with Gasteiger partial charge in [-0.1, -0.05) is 35.3 Å². The normalized spacial score (nSPS) is 11.0. The number of aryl methyl sites for hydroxylation is 1. The molecule has 2 heterocycles. The highest BCUT2D eigenvalue weighted by molar-refractivity contribution is 6.30. The van der Waals surface area contributed by atoms with Crippen LogP contribution in [0.3, 0.4) is 0 Å². The molecule has 0 amide bonds. The Labute approximate surface area is 155 Å². The van der Waals surface area contributed by atoms with Gasteiger partial charge in [0.1, 0.15) is 5.82 Å². The van der Waals surface area contributed by atoms with Crippen LogP contribution in [0, 0.1) is 6.92 Å². The molecule has 25 heavy (non-hydrogen) atoms. The van der Waals surface area contributed by atoms with E-state index in [0.717, 1.165) is 34.0 Å². The van der Waals surface area contributed by atoms with Gasteiger partial charge >= 0.3 is 0 Å². The largest absolute Gasteiger partial charge is 0.340 e. The van der Waals surface area contributed by atoms with Crippen molar-refractivity contribution in [2.75, 3.05) is 5.32 Å². The first-order valence-electron chi connectivity index (χ1n) is 7.74. The van der Waals surface area contributed by atoms with Crippen molar-refractivity contribution in [3.63, 3.8) is 0 Å². The Hall–Kier alpha value is -2.56. The molecule has 4 rings (SSSR count). The smallest absolute Gasteiger partial charge is 0.165 e. The number of nitrogens with one attached hydrogen (secondary N) is 1. The van der Waals surface area contributed by atoms with Crippen LogP contribution in [0.5, 0.6) is 0 Å². The summed E-state index contributed by atoms with van der Waals surface area (Å²) in [5.74, 6) is 0.838. The summed E-state index contributed by atoms with van der Waals surface area (Å²) in [6.07, 6.45) is 1.82. The lowest BCUT2D eigenvalue weighted by atomic mass is 10.1. The molecule has 0 aliphatic rings. The Kier molecular flexibility index (Phi) is 4.07. The van der Waals surface area contributed by atoms with E-state index in [9.17, 15) is 0 Å². The maximum atomic E-state index is 5.99. The van der Waals surface area contributed by atoms with Crippen molar-refractivity contribution in [2.24, 2.45) is 0 Å². The average Bonchev–Trinajstić information content (AvgIpc) is 3.01. The van der Waals surface area contributed by atoms with Gasteiger partial charge in [-0.2, -0.15) is 9.61 Å². The molecule has 0 bridgehead atoms. The van der Waals surface area contributed by atoms with Crippen molar-refractivity contribution < 1.29 is 0 Å². The van der Waals surface area contributed by atoms with Crippen molar-refractivity contribution in [3.8, 4) is 11.1 Å². The summed E-state index contributed by atoms with van der Waals surface area (Å²) >= 11 is 11.9. The molecule has 6 heteroatoms. The van der Waals surface area contributed by atoms with Gasteiger partial charge in [0.15, 0.2) is 5.65 Å². The Morgan fingerprint density at radius 3 is 2.24 bits per heavy atom. The molecule has 0 radical (unpaired) electrons. The number of hydrogen-bond donors (Lipinski definition) is 1. The highest BCUT2D eigenvalue weighted by Gasteiger charge is 2.12. The third kappa shape index (κ3) is 3.18. The standard InChI is InChI=1S/C19H14Cl2N4/c1-12-10-18(24-16-8-6-15(21)7-9-16)25-19(23-12)17(11-22-25)13-2-4-14(20)5-3-13/h2-11,24H,1H3. The first-order valence-corrected chi connectivity index (χ1v) is 8.50. The van der Waals surface area contributed by atoms with E-state index < -0.39 is 0 Å². The van der Waals surface area contributed by atoms with Crippen molar-refractivity contribution >= 4 is 40.4 Å². The summed E-state index contributed by atoms with van der Waals surface area (Å²) in [5, 5.41) is 9.28.